The molecule has 0 aliphatic carbocycles. The molecule has 2 N–H and O–H groups in total. The van der Waals surface area contributed by atoms with E-state index in [9.17, 15) is 14.7 Å². The first-order valence-electron chi connectivity index (χ1n) is 10.9. The van der Waals surface area contributed by atoms with E-state index < -0.39 is 11.9 Å². The summed E-state index contributed by atoms with van der Waals surface area (Å²) in [4.78, 5) is 38.8. The maximum atomic E-state index is 12.5. The molecule has 3 heterocycles. The lowest BCUT2D eigenvalue weighted by Crippen LogP contribution is -2.15. The number of carboxylic acids is 1. The third kappa shape index (κ3) is 6.73. The molecular weight excluding hydrogens is 394 g/mol. The van der Waals surface area contributed by atoms with Crippen molar-refractivity contribution in [2.45, 2.75) is 57.3 Å². The van der Waals surface area contributed by atoms with E-state index in [0.717, 1.165) is 50.2 Å². The zero-order valence-electron chi connectivity index (χ0n) is 18.3. The summed E-state index contributed by atoms with van der Waals surface area (Å²) in [5.41, 5.74) is 3.01. The standard InChI is InChI=1S/C23H31N5O3/c1-28(2)23-25-14-18(15-26-23)17(13-21(30)31)12-20(29)8-4-3-7-19-10-9-16-6-5-11-24-22(16)27-19/h9-10,14-15,17H,3-8,11-13H2,1-2H3,(H,24,27)(H,30,31)/t17-/m0/s1. The average Bonchev–Trinajstić information content (AvgIpc) is 2.76. The number of hydrogen-bond donors (Lipinski definition) is 2. The first-order valence-corrected chi connectivity index (χ1v) is 10.9. The molecule has 0 spiro atoms. The van der Waals surface area contributed by atoms with Gasteiger partial charge >= 0.3 is 5.97 Å². The molecule has 0 unspecified atom stereocenters. The predicted molar refractivity (Wildman–Crippen MR) is 120 cm³/mol. The quantitative estimate of drug-likeness (QED) is 0.528. The van der Waals surface area contributed by atoms with Crippen molar-refractivity contribution in [3.63, 3.8) is 0 Å². The van der Waals surface area contributed by atoms with Gasteiger partial charge in [-0.3, -0.25) is 9.59 Å². The smallest absolute Gasteiger partial charge is 0.303 e. The van der Waals surface area contributed by atoms with Gasteiger partial charge in [0.1, 0.15) is 11.6 Å². The number of anilines is 2. The van der Waals surface area contributed by atoms with Gasteiger partial charge in [-0.25, -0.2) is 15.0 Å². The molecule has 31 heavy (non-hydrogen) atoms. The molecule has 0 saturated heterocycles. The van der Waals surface area contributed by atoms with E-state index in [4.69, 9.17) is 4.98 Å². The number of carbonyl (C=O) groups excluding carboxylic acids is 1. The number of ketones is 1. The van der Waals surface area contributed by atoms with Crippen LogP contribution in [0.15, 0.2) is 24.5 Å². The van der Waals surface area contributed by atoms with Gasteiger partial charge in [0, 0.05) is 57.5 Å². The van der Waals surface area contributed by atoms with Crippen LogP contribution in [0.1, 0.15) is 61.3 Å². The lowest BCUT2D eigenvalue weighted by molar-refractivity contribution is -0.137. The van der Waals surface area contributed by atoms with Crippen LogP contribution in [0.2, 0.25) is 0 Å². The summed E-state index contributed by atoms with van der Waals surface area (Å²) < 4.78 is 0. The molecule has 0 radical (unpaired) electrons. The normalized spacial score (nSPS) is 13.7. The molecule has 1 aliphatic rings. The van der Waals surface area contributed by atoms with Crippen LogP contribution in [0.5, 0.6) is 0 Å². The van der Waals surface area contributed by atoms with Gasteiger partial charge in [-0.1, -0.05) is 6.07 Å². The molecule has 0 aromatic carbocycles. The minimum Gasteiger partial charge on any atom is -0.481 e. The van der Waals surface area contributed by atoms with Gasteiger partial charge in [0.05, 0.1) is 6.42 Å². The number of Topliss-reactive ketones (excluding diaryl/α,β-unsaturated/α-hetero) is 1. The molecule has 1 aliphatic heterocycles. The number of carboxylic acid groups (broad SMARTS) is 1. The first kappa shape index (κ1) is 22.7. The Kier molecular flexibility index (Phi) is 7.92. The number of nitrogens with zero attached hydrogens (tertiary/aromatic N) is 4. The van der Waals surface area contributed by atoms with Crippen molar-refractivity contribution < 1.29 is 14.7 Å². The molecule has 0 bridgehead atoms. The number of aryl methyl sites for hydroxylation is 2. The van der Waals surface area contributed by atoms with Crippen LogP contribution >= 0.6 is 0 Å². The molecule has 2 aromatic rings. The van der Waals surface area contributed by atoms with E-state index in [1.165, 1.54) is 5.56 Å². The molecule has 3 rings (SSSR count). The second-order valence-electron chi connectivity index (χ2n) is 8.30. The highest BCUT2D eigenvalue weighted by molar-refractivity contribution is 5.80. The molecule has 0 amide bonds. The predicted octanol–water partition coefficient (Wildman–Crippen LogP) is 3.23. The Bertz CT molecular complexity index is 899. The summed E-state index contributed by atoms with van der Waals surface area (Å²) >= 11 is 0. The second-order valence-corrected chi connectivity index (χ2v) is 8.30. The number of unbranched alkanes of at least 4 members (excludes halogenated alkanes) is 1. The van der Waals surface area contributed by atoms with Crippen LogP contribution in [-0.2, 0) is 22.4 Å². The van der Waals surface area contributed by atoms with E-state index in [0.29, 0.717) is 17.9 Å². The van der Waals surface area contributed by atoms with Gasteiger partial charge in [0.2, 0.25) is 5.95 Å². The average molecular weight is 426 g/mol. The molecule has 8 heteroatoms. The van der Waals surface area contributed by atoms with Gasteiger partial charge in [0.15, 0.2) is 0 Å². The summed E-state index contributed by atoms with van der Waals surface area (Å²) in [5.74, 6) is 0.285. The largest absolute Gasteiger partial charge is 0.481 e. The van der Waals surface area contributed by atoms with Crippen LogP contribution in [0.4, 0.5) is 11.8 Å². The molecular formula is C23H31N5O3. The Morgan fingerprint density at radius 2 is 1.94 bits per heavy atom. The van der Waals surface area contributed by atoms with Gasteiger partial charge in [-0.15, -0.1) is 0 Å². The Balaban J connectivity index is 1.48. The maximum absolute atomic E-state index is 12.5. The van der Waals surface area contributed by atoms with E-state index in [1.807, 2.05) is 14.1 Å². The molecule has 2 aromatic heterocycles. The van der Waals surface area contributed by atoms with Crippen LogP contribution in [-0.4, -0.2) is 52.5 Å². The lowest BCUT2D eigenvalue weighted by atomic mass is 9.91. The number of carbonyl (C=O) groups is 2. The number of rotatable bonds is 11. The van der Waals surface area contributed by atoms with Crippen molar-refractivity contribution in [2.75, 3.05) is 30.9 Å². The van der Waals surface area contributed by atoms with E-state index in [-0.39, 0.29) is 18.6 Å². The van der Waals surface area contributed by atoms with Crippen LogP contribution in [0.3, 0.4) is 0 Å². The van der Waals surface area contributed by atoms with E-state index in [2.05, 4.69) is 27.4 Å². The van der Waals surface area contributed by atoms with Crippen molar-refractivity contribution in [1.82, 2.24) is 15.0 Å². The minimum atomic E-state index is -0.929. The fourth-order valence-corrected chi connectivity index (χ4v) is 3.80. The number of aliphatic carboxylic acids is 1. The highest BCUT2D eigenvalue weighted by Gasteiger charge is 2.20. The molecule has 0 fully saturated rings. The number of nitrogens with one attached hydrogen (secondary N) is 1. The first-order chi connectivity index (χ1) is 14.9. The SMILES string of the molecule is CN(C)c1ncc([C@H](CC(=O)O)CC(=O)CCCCc2ccc3c(n2)NCCC3)cn1. The Hall–Kier alpha value is -3.03. The third-order valence-corrected chi connectivity index (χ3v) is 5.52. The molecule has 8 nitrogen and oxygen atoms in total. The number of pyridine rings is 1. The maximum Gasteiger partial charge on any atom is 0.303 e. The fourth-order valence-electron chi connectivity index (χ4n) is 3.80. The van der Waals surface area contributed by atoms with Gasteiger partial charge in [-0.2, -0.15) is 0 Å². The summed E-state index contributed by atoms with van der Waals surface area (Å²) in [5, 5.41) is 12.6. The lowest BCUT2D eigenvalue weighted by Gasteiger charge is -2.17. The Morgan fingerprint density at radius 1 is 1.16 bits per heavy atom. The second kappa shape index (κ2) is 10.8. The van der Waals surface area contributed by atoms with Crippen molar-refractivity contribution in [3.05, 3.63) is 41.3 Å². The van der Waals surface area contributed by atoms with Gasteiger partial charge in [0.25, 0.3) is 0 Å². The Labute approximate surface area is 183 Å². The van der Waals surface area contributed by atoms with E-state index >= 15 is 0 Å². The minimum absolute atomic E-state index is 0.0722. The monoisotopic (exact) mass is 425 g/mol. The number of fused-ring (bicyclic) bond motifs is 1. The van der Waals surface area contributed by atoms with Gasteiger partial charge < -0.3 is 15.3 Å². The molecule has 166 valence electrons. The fraction of sp³-hybridized carbons (Fsp3) is 0.522. The summed E-state index contributed by atoms with van der Waals surface area (Å²) in [6.07, 6.45) is 8.47. The third-order valence-electron chi connectivity index (χ3n) is 5.52. The van der Waals surface area contributed by atoms with Gasteiger partial charge in [-0.05, 0) is 49.3 Å². The Morgan fingerprint density at radius 3 is 2.65 bits per heavy atom. The summed E-state index contributed by atoms with van der Waals surface area (Å²) in [6, 6.07) is 4.23. The van der Waals surface area contributed by atoms with E-state index in [1.54, 1.807) is 17.3 Å². The van der Waals surface area contributed by atoms with Crippen LogP contribution < -0.4 is 10.2 Å². The van der Waals surface area contributed by atoms with Crippen molar-refractivity contribution in [3.8, 4) is 0 Å². The van der Waals surface area contributed by atoms with Crippen molar-refractivity contribution in [1.29, 1.82) is 0 Å². The highest BCUT2D eigenvalue weighted by Crippen LogP contribution is 2.25. The summed E-state index contributed by atoms with van der Waals surface area (Å²) in [6.45, 7) is 0.971. The summed E-state index contributed by atoms with van der Waals surface area (Å²) in [7, 11) is 3.67. The zero-order valence-corrected chi connectivity index (χ0v) is 18.3. The number of hydrogen-bond acceptors (Lipinski definition) is 7. The highest BCUT2D eigenvalue weighted by atomic mass is 16.4. The van der Waals surface area contributed by atoms with Crippen LogP contribution in [0.25, 0.3) is 0 Å². The molecule has 1 atom stereocenters. The topological polar surface area (TPSA) is 108 Å². The zero-order chi connectivity index (χ0) is 22.2. The van der Waals surface area contributed by atoms with Crippen LogP contribution in [0, 0.1) is 0 Å². The number of aromatic nitrogens is 3. The van der Waals surface area contributed by atoms with Crippen molar-refractivity contribution >= 4 is 23.5 Å². The van der Waals surface area contributed by atoms with Crippen molar-refractivity contribution in [2.24, 2.45) is 0 Å². The molecule has 0 saturated carbocycles.